The molecule has 2 N–H and O–H groups in total. The number of aliphatic carboxylic acids is 1. The molecule has 0 bridgehead atoms. The molecule has 0 amide bonds. The standard InChI is InChI=1S/C18H21NO2/c1-13-7-3-6-10-17(13)14(2)19-12-16-9-5-4-8-15(16)11-18(20)21/h3-10,14,19H,11-12H2,1-2H3,(H,20,21)/t14-/m0/s1. The molecule has 0 aliphatic carbocycles. The maximum atomic E-state index is 10.9. The van der Waals surface area contributed by atoms with E-state index in [2.05, 4.69) is 31.3 Å². The second kappa shape index (κ2) is 7.04. The first-order valence-corrected chi connectivity index (χ1v) is 7.15. The topological polar surface area (TPSA) is 49.3 Å². The van der Waals surface area contributed by atoms with Crippen molar-refractivity contribution in [2.45, 2.75) is 32.9 Å². The van der Waals surface area contributed by atoms with E-state index in [-0.39, 0.29) is 12.5 Å². The zero-order valence-corrected chi connectivity index (χ0v) is 12.5. The van der Waals surface area contributed by atoms with Crippen molar-refractivity contribution in [2.24, 2.45) is 0 Å². The lowest BCUT2D eigenvalue weighted by Crippen LogP contribution is -2.20. The largest absolute Gasteiger partial charge is 0.481 e. The minimum atomic E-state index is -0.797. The van der Waals surface area contributed by atoms with E-state index in [1.165, 1.54) is 11.1 Å². The van der Waals surface area contributed by atoms with E-state index in [1.807, 2.05) is 36.4 Å². The number of carboxylic acids is 1. The van der Waals surface area contributed by atoms with Gasteiger partial charge in [0.2, 0.25) is 0 Å². The molecule has 0 spiro atoms. The van der Waals surface area contributed by atoms with Crippen molar-refractivity contribution in [2.75, 3.05) is 0 Å². The van der Waals surface area contributed by atoms with Crippen molar-refractivity contribution in [3.05, 3.63) is 70.8 Å². The highest BCUT2D eigenvalue weighted by atomic mass is 16.4. The van der Waals surface area contributed by atoms with E-state index < -0.39 is 5.97 Å². The summed E-state index contributed by atoms with van der Waals surface area (Å²) in [4.78, 5) is 10.9. The van der Waals surface area contributed by atoms with Crippen LogP contribution < -0.4 is 5.32 Å². The summed E-state index contributed by atoms with van der Waals surface area (Å²) >= 11 is 0. The monoisotopic (exact) mass is 283 g/mol. The zero-order valence-electron chi connectivity index (χ0n) is 12.5. The SMILES string of the molecule is Cc1ccccc1[C@H](C)NCc1ccccc1CC(=O)O. The molecule has 0 unspecified atom stereocenters. The predicted octanol–water partition coefficient (Wildman–Crippen LogP) is 3.47. The minimum absolute atomic E-state index is 0.0661. The summed E-state index contributed by atoms with van der Waals surface area (Å²) in [6.45, 7) is 4.90. The number of nitrogens with one attached hydrogen (secondary N) is 1. The lowest BCUT2D eigenvalue weighted by molar-refractivity contribution is -0.136. The summed E-state index contributed by atoms with van der Waals surface area (Å²) in [5, 5.41) is 12.4. The zero-order chi connectivity index (χ0) is 15.2. The molecule has 0 aliphatic heterocycles. The molecule has 2 aromatic rings. The highest BCUT2D eigenvalue weighted by Crippen LogP contribution is 2.18. The van der Waals surface area contributed by atoms with Gasteiger partial charge in [0.25, 0.3) is 0 Å². The number of benzene rings is 2. The first kappa shape index (κ1) is 15.3. The lowest BCUT2D eigenvalue weighted by atomic mass is 10.0. The van der Waals surface area contributed by atoms with Gasteiger partial charge >= 0.3 is 5.97 Å². The lowest BCUT2D eigenvalue weighted by Gasteiger charge is -2.17. The number of carbonyl (C=O) groups is 1. The third-order valence-corrected chi connectivity index (χ3v) is 3.71. The van der Waals surface area contributed by atoms with Gasteiger partial charge in [-0.05, 0) is 36.1 Å². The van der Waals surface area contributed by atoms with Crippen LogP contribution in [0.15, 0.2) is 48.5 Å². The smallest absolute Gasteiger partial charge is 0.307 e. The van der Waals surface area contributed by atoms with E-state index in [4.69, 9.17) is 5.11 Å². The van der Waals surface area contributed by atoms with Crippen molar-refractivity contribution in [1.82, 2.24) is 5.32 Å². The normalized spacial score (nSPS) is 12.1. The van der Waals surface area contributed by atoms with Gasteiger partial charge in [-0.2, -0.15) is 0 Å². The van der Waals surface area contributed by atoms with Crippen molar-refractivity contribution in [1.29, 1.82) is 0 Å². The molecule has 3 nitrogen and oxygen atoms in total. The third-order valence-electron chi connectivity index (χ3n) is 3.71. The highest BCUT2D eigenvalue weighted by Gasteiger charge is 2.10. The van der Waals surface area contributed by atoms with Crippen LogP contribution >= 0.6 is 0 Å². The van der Waals surface area contributed by atoms with Gasteiger partial charge in [0, 0.05) is 12.6 Å². The van der Waals surface area contributed by atoms with Gasteiger partial charge in [0.15, 0.2) is 0 Å². The number of hydrogen-bond acceptors (Lipinski definition) is 2. The second-order valence-electron chi connectivity index (χ2n) is 5.30. The molecule has 0 radical (unpaired) electrons. The van der Waals surface area contributed by atoms with Crippen LogP contribution in [0.1, 0.15) is 35.2 Å². The van der Waals surface area contributed by atoms with Crippen molar-refractivity contribution in [3.8, 4) is 0 Å². The molecule has 0 aromatic heterocycles. The second-order valence-corrected chi connectivity index (χ2v) is 5.30. The fraction of sp³-hybridized carbons (Fsp3) is 0.278. The van der Waals surface area contributed by atoms with E-state index in [1.54, 1.807) is 0 Å². The Balaban J connectivity index is 2.06. The maximum Gasteiger partial charge on any atom is 0.307 e. The van der Waals surface area contributed by atoms with Crippen LogP contribution in [0.3, 0.4) is 0 Å². The van der Waals surface area contributed by atoms with Crippen LogP contribution in [0.4, 0.5) is 0 Å². The van der Waals surface area contributed by atoms with Gasteiger partial charge in [0.05, 0.1) is 6.42 Å². The van der Waals surface area contributed by atoms with Gasteiger partial charge in [-0.1, -0.05) is 48.5 Å². The van der Waals surface area contributed by atoms with Gasteiger partial charge in [-0.15, -0.1) is 0 Å². The number of aryl methyl sites for hydroxylation is 1. The van der Waals surface area contributed by atoms with Gasteiger partial charge in [-0.3, -0.25) is 4.79 Å². The van der Waals surface area contributed by atoms with Crippen LogP contribution in [0.5, 0.6) is 0 Å². The molecule has 3 heteroatoms. The molecule has 110 valence electrons. The van der Waals surface area contributed by atoms with E-state index in [0.717, 1.165) is 11.1 Å². The van der Waals surface area contributed by atoms with Crippen LogP contribution in [0, 0.1) is 6.92 Å². The molecule has 0 aliphatic rings. The Labute approximate surface area is 125 Å². The Morgan fingerprint density at radius 3 is 2.38 bits per heavy atom. The summed E-state index contributed by atoms with van der Waals surface area (Å²) in [7, 11) is 0. The molecule has 0 heterocycles. The quantitative estimate of drug-likeness (QED) is 0.853. The summed E-state index contributed by atoms with van der Waals surface area (Å²) in [6.07, 6.45) is 0.0661. The predicted molar refractivity (Wildman–Crippen MR) is 84.2 cm³/mol. The molecule has 0 fully saturated rings. The van der Waals surface area contributed by atoms with E-state index in [0.29, 0.717) is 6.54 Å². The van der Waals surface area contributed by atoms with Crippen molar-refractivity contribution < 1.29 is 9.90 Å². The summed E-state index contributed by atoms with van der Waals surface area (Å²) in [5.41, 5.74) is 4.44. The number of carboxylic acid groups (broad SMARTS) is 1. The third kappa shape index (κ3) is 4.17. The molecule has 0 saturated carbocycles. The Kier molecular flexibility index (Phi) is 5.12. The fourth-order valence-electron chi connectivity index (χ4n) is 2.51. The van der Waals surface area contributed by atoms with Crippen LogP contribution in [0.2, 0.25) is 0 Å². The average molecular weight is 283 g/mol. The molecule has 1 atom stereocenters. The first-order valence-electron chi connectivity index (χ1n) is 7.15. The summed E-state index contributed by atoms with van der Waals surface area (Å²) in [5.74, 6) is -0.797. The number of hydrogen-bond donors (Lipinski definition) is 2. The first-order chi connectivity index (χ1) is 10.1. The van der Waals surface area contributed by atoms with Crippen molar-refractivity contribution in [3.63, 3.8) is 0 Å². The van der Waals surface area contributed by atoms with Crippen LogP contribution in [-0.4, -0.2) is 11.1 Å². The van der Waals surface area contributed by atoms with Crippen LogP contribution in [0.25, 0.3) is 0 Å². The minimum Gasteiger partial charge on any atom is -0.481 e. The maximum absolute atomic E-state index is 10.9. The molecular formula is C18H21NO2. The van der Waals surface area contributed by atoms with E-state index >= 15 is 0 Å². The van der Waals surface area contributed by atoms with Crippen LogP contribution in [-0.2, 0) is 17.8 Å². The Bertz CT molecular complexity index is 622. The van der Waals surface area contributed by atoms with Gasteiger partial charge < -0.3 is 10.4 Å². The van der Waals surface area contributed by atoms with Crippen molar-refractivity contribution >= 4 is 5.97 Å². The Hall–Kier alpha value is -2.13. The van der Waals surface area contributed by atoms with Gasteiger partial charge in [-0.25, -0.2) is 0 Å². The number of rotatable bonds is 6. The molecule has 2 aromatic carbocycles. The Morgan fingerprint density at radius 2 is 1.71 bits per heavy atom. The molecule has 21 heavy (non-hydrogen) atoms. The Morgan fingerprint density at radius 1 is 1.10 bits per heavy atom. The fourth-order valence-corrected chi connectivity index (χ4v) is 2.51. The highest BCUT2D eigenvalue weighted by molar-refractivity contribution is 5.70. The molecular weight excluding hydrogens is 262 g/mol. The molecule has 0 saturated heterocycles. The summed E-state index contributed by atoms with van der Waals surface area (Å²) < 4.78 is 0. The van der Waals surface area contributed by atoms with E-state index in [9.17, 15) is 4.79 Å². The average Bonchev–Trinajstić information content (AvgIpc) is 2.46. The van der Waals surface area contributed by atoms with Gasteiger partial charge in [0.1, 0.15) is 0 Å². The summed E-state index contributed by atoms with van der Waals surface area (Å²) in [6, 6.07) is 16.2. The molecule has 2 rings (SSSR count).